The first kappa shape index (κ1) is 12.1. The van der Waals surface area contributed by atoms with Crippen LogP contribution in [0.25, 0.3) is 0 Å². The van der Waals surface area contributed by atoms with Gasteiger partial charge in [0.25, 0.3) is 0 Å². The zero-order valence-corrected chi connectivity index (χ0v) is 10.0. The van der Waals surface area contributed by atoms with E-state index in [1.165, 1.54) is 11.3 Å². The second-order valence-electron chi connectivity index (χ2n) is 4.25. The second kappa shape index (κ2) is 4.67. The van der Waals surface area contributed by atoms with Gasteiger partial charge in [0.05, 0.1) is 0 Å². The van der Waals surface area contributed by atoms with Crippen LogP contribution in [0, 0.1) is 0 Å². The summed E-state index contributed by atoms with van der Waals surface area (Å²) in [6.45, 7) is 6.51. The molecule has 1 amide bonds. The molecule has 5 nitrogen and oxygen atoms in total. The predicted molar refractivity (Wildman–Crippen MR) is 60.9 cm³/mol. The zero-order chi connectivity index (χ0) is 11.5. The molecule has 0 aliphatic carbocycles. The molecule has 6 heteroatoms. The molecule has 1 rings (SSSR count). The van der Waals surface area contributed by atoms with Crippen molar-refractivity contribution in [3.63, 3.8) is 0 Å². The van der Waals surface area contributed by atoms with Crippen molar-refractivity contribution in [1.29, 1.82) is 0 Å². The molecular weight excluding hydrogens is 212 g/mol. The molecule has 1 aromatic rings. The molecule has 0 saturated carbocycles. The van der Waals surface area contributed by atoms with Gasteiger partial charge in [-0.15, -0.1) is 10.2 Å². The zero-order valence-electron chi connectivity index (χ0n) is 9.20. The summed E-state index contributed by atoms with van der Waals surface area (Å²) in [4.78, 5) is 11.2. The van der Waals surface area contributed by atoms with E-state index in [9.17, 15) is 4.79 Å². The Labute approximate surface area is 93.1 Å². The summed E-state index contributed by atoms with van der Waals surface area (Å²) in [7, 11) is 0. The van der Waals surface area contributed by atoms with E-state index in [1.807, 2.05) is 0 Å². The Morgan fingerprint density at radius 2 is 2.13 bits per heavy atom. The van der Waals surface area contributed by atoms with Gasteiger partial charge in [0.15, 0.2) is 0 Å². The van der Waals surface area contributed by atoms with Crippen LogP contribution in [-0.2, 0) is 10.2 Å². The van der Waals surface area contributed by atoms with Gasteiger partial charge >= 0.3 is 0 Å². The van der Waals surface area contributed by atoms with Gasteiger partial charge in [-0.2, -0.15) is 0 Å². The summed E-state index contributed by atoms with van der Waals surface area (Å²) in [5, 5.41) is 12.0. The number of nitrogens with two attached hydrogens (primary N) is 1. The Morgan fingerprint density at radius 1 is 1.47 bits per heavy atom. The fourth-order valence-corrected chi connectivity index (χ4v) is 1.71. The number of rotatable bonds is 3. The molecule has 0 fully saturated rings. The molecule has 0 aliphatic heterocycles. The Bertz CT molecular complexity index is 342. The van der Waals surface area contributed by atoms with Gasteiger partial charge in [-0.3, -0.25) is 4.79 Å². The molecule has 1 aromatic heterocycles. The van der Waals surface area contributed by atoms with E-state index in [4.69, 9.17) is 5.73 Å². The van der Waals surface area contributed by atoms with E-state index < -0.39 is 0 Å². The van der Waals surface area contributed by atoms with Crippen LogP contribution in [0.4, 0.5) is 5.13 Å². The third-order valence-electron chi connectivity index (χ3n) is 1.68. The van der Waals surface area contributed by atoms with Crippen LogP contribution in [0.1, 0.15) is 32.2 Å². The van der Waals surface area contributed by atoms with Crippen LogP contribution in [0.2, 0.25) is 0 Å². The summed E-state index contributed by atoms with van der Waals surface area (Å²) < 4.78 is 0. The Balaban J connectivity index is 2.65. The molecule has 84 valence electrons. The van der Waals surface area contributed by atoms with Crippen LogP contribution < -0.4 is 11.1 Å². The molecule has 0 radical (unpaired) electrons. The summed E-state index contributed by atoms with van der Waals surface area (Å²) >= 11 is 1.40. The molecular formula is C9H16N4OS. The van der Waals surface area contributed by atoms with E-state index in [0.717, 1.165) is 5.01 Å². The lowest BCUT2D eigenvalue weighted by atomic mass is 9.98. The number of hydrogen-bond acceptors (Lipinski definition) is 5. The van der Waals surface area contributed by atoms with Gasteiger partial charge in [-0.1, -0.05) is 32.1 Å². The number of aromatic nitrogens is 2. The summed E-state index contributed by atoms with van der Waals surface area (Å²) in [6, 6.07) is 0. The second-order valence-corrected chi connectivity index (χ2v) is 5.23. The van der Waals surface area contributed by atoms with E-state index in [0.29, 0.717) is 18.1 Å². The highest BCUT2D eigenvalue weighted by Gasteiger charge is 2.19. The molecule has 0 saturated heterocycles. The Kier molecular flexibility index (Phi) is 3.76. The van der Waals surface area contributed by atoms with Crippen LogP contribution in [0.5, 0.6) is 0 Å². The lowest BCUT2D eigenvalue weighted by molar-refractivity contribution is -0.116. The number of anilines is 1. The van der Waals surface area contributed by atoms with Crippen molar-refractivity contribution in [2.75, 3.05) is 11.9 Å². The highest BCUT2D eigenvalue weighted by atomic mass is 32.1. The topological polar surface area (TPSA) is 80.9 Å². The number of carbonyl (C=O) groups is 1. The van der Waals surface area contributed by atoms with E-state index in [-0.39, 0.29) is 11.3 Å². The van der Waals surface area contributed by atoms with E-state index >= 15 is 0 Å². The number of nitrogens with one attached hydrogen (secondary N) is 1. The van der Waals surface area contributed by atoms with Crippen molar-refractivity contribution < 1.29 is 4.79 Å². The molecule has 3 N–H and O–H groups in total. The van der Waals surface area contributed by atoms with Crippen molar-refractivity contribution in [1.82, 2.24) is 10.2 Å². The van der Waals surface area contributed by atoms with Crippen LogP contribution in [0.3, 0.4) is 0 Å². The fourth-order valence-electron chi connectivity index (χ4n) is 0.890. The minimum atomic E-state index is -0.117. The van der Waals surface area contributed by atoms with Crippen molar-refractivity contribution >= 4 is 22.4 Å². The number of nitrogens with zero attached hydrogens (tertiary/aromatic N) is 2. The average molecular weight is 228 g/mol. The first-order valence-corrected chi connectivity index (χ1v) is 5.59. The summed E-state index contributed by atoms with van der Waals surface area (Å²) in [6.07, 6.45) is 0.310. The molecule has 15 heavy (non-hydrogen) atoms. The standard InChI is InChI=1S/C9H16N4OS/c1-9(2,3)7-12-13-8(15-7)11-6(14)4-5-10/h4-5,10H2,1-3H3,(H,11,13,14). The quantitative estimate of drug-likeness (QED) is 0.812. The lowest BCUT2D eigenvalue weighted by Gasteiger charge is -2.12. The van der Waals surface area contributed by atoms with Crippen molar-refractivity contribution in [2.45, 2.75) is 32.6 Å². The highest BCUT2D eigenvalue weighted by molar-refractivity contribution is 7.15. The monoisotopic (exact) mass is 228 g/mol. The number of hydrogen-bond donors (Lipinski definition) is 2. The fraction of sp³-hybridized carbons (Fsp3) is 0.667. The molecule has 0 aliphatic rings. The first-order valence-electron chi connectivity index (χ1n) is 4.77. The molecule has 0 atom stereocenters. The van der Waals surface area contributed by atoms with Crippen molar-refractivity contribution in [3.05, 3.63) is 5.01 Å². The molecule has 0 aromatic carbocycles. The van der Waals surface area contributed by atoms with E-state index in [2.05, 4.69) is 36.3 Å². The smallest absolute Gasteiger partial charge is 0.227 e. The highest BCUT2D eigenvalue weighted by Crippen LogP contribution is 2.27. The third-order valence-corrected chi connectivity index (χ3v) is 2.95. The van der Waals surface area contributed by atoms with Crippen LogP contribution >= 0.6 is 11.3 Å². The van der Waals surface area contributed by atoms with Crippen molar-refractivity contribution in [2.24, 2.45) is 5.73 Å². The van der Waals surface area contributed by atoms with Gasteiger partial charge in [-0.05, 0) is 0 Å². The lowest BCUT2D eigenvalue weighted by Crippen LogP contribution is -2.15. The average Bonchev–Trinajstić information content (AvgIpc) is 2.52. The predicted octanol–water partition coefficient (Wildman–Crippen LogP) is 1.12. The van der Waals surface area contributed by atoms with Gasteiger partial charge in [0.2, 0.25) is 11.0 Å². The van der Waals surface area contributed by atoms with Crippen LogP contribution in [-0.4, -0.2) is 22.6 Å². The van der Waals surface area contributed by atoms with E-state index in [1.54, 1.807) is 0 Å². The maximum Gasteiger partial charge on any atom is 0.227 e. The minimum absolute atomic E-state index is 0.0332. The Morgan fingerprint density at radius 3 is 2.60 bits per heavy atom. The minimum Gasteiger partial charge on any atom is -0.330 e. The maximum atomic E-state index is 11.2. The Hall–Kier alpha value is -1.01. The summed E-state index contributed by atoms with van der Waals surface area (Å²) in [5.74, 6) is -0.117. The number of carbonyl (C=O) groups excluding carboxylic acids is 1. The first-order chi connectivity index (χ1) is 6.93. The summed E-state index contributed by atoms with van der Waals surface area (Å²) in [5.41, 5.74) is 5.23. The largest absolute Gasteiger partial charge is 0.330 e. The molecule has 0 unspecified atom stereocenters. The molecule has 0 bridgehead atoms. The SMILES string of the molecule is CC(C)(C)c1nnc(NC(=O)CCN)s1. The van der Waals surface area contributed by atoms with Gasteiger partial charge in [0, 0.05) is 18.4 Å². The molecule has 1 heterocycles. The van der Waals surface area contributed by atoms with Gasteiger partial charge in [-0.25, -0.2) is 0 Å². The molecule has 0 spiro atoms. The van der Waals surface area contributed by atoms with Crippen molar-refractivity contribution in [3.8, 4) is 0 Å². The van der Waals surface area contributed by atoms with Gasteiger partial charge < -0.3 is 11.1 Å². The van der Waals surface area contributed by atoms with Crippen LogP contribution in [0.15, 0.2) is 0 Å². The van der Waals surface area contributed by atoms with Gasteiger partial charge in [0.1, 0.15) is 5.01 Å². The number of amides is 1. The maximum absolute atomic E-state index is 11.2. The normalized spacial score (nSPS) is 11.5. The third kappa shape index (κ3) is 3.56.